The molecule has 0 aromatic heterocycles. The zero-order valence-corrected chi connectivity index (χ0v) is 18.0. The molecule has 1 aromatic rings. The molecular weight excluding hydrogens is 413 g/mol. The molecule has 0 bridgehead atoms. The van der Waals surface area contributed by atoms with Crippen LogP contribution in [-0.4, -0.2) is 72.0 Å². The van der Waals surface area contributed by atoms with Gasteiger partial charge in [0.05, 0.1) is 18.8 Å². The summed E-state index contributed by atoms with van der Waals surface area (Å²) in [6.07, 6.45) is 0.812. The number of halogens is 3. The van der Waals surface area contributed by atoms with Gasteiger partial charge in [-0.25, -0.2) is 4.79 Å². The van der Waals surface area contributed by atoms with Crippen LogP contribution in [0.15, 0.2) is 24.3 Å². The number of ether oxygens (including phenoxy) is 1. The summed E-state index contributed by atoms with van der Waals surface area (Å²) in [6, 6.07) is 4.16. The number of amides is 1. The van der Waals surface area contributed by atoms with Crippen LogP contribution in [0.3, 0.4) is 0 Å². The number of rotatable bonds is 10. The molecule has 1 aliphatic rings. The Labute approximate surface area is 181 Å². The Balaban J connectivity index is 1.73. The lowest BCUT2D eigenvalue weighted by molar-refractivity contribution is -0.137. The van der Waals surface area contributed by atoms with Crippen LogP contribution in [0.2, 0.25) is 0 Å². The molecule has 9 heteroatoms. The van der Waals surface area contributed by atoms with E-state index in [1.807, 2.05) is 0 Å². The molecular formula is C22H33F3N2O4. The number of hydrogen-bond donors (Lipinski definition) is 2. The van der Waals surface area contributed by atoms with Crippen molar-refractivity contribution in [3.05, 3.63) is 29.8 Å². The first-order valence-electron chi connectivity index (χ1n) is 10.8. The third kappa shape index (κ3) is 8.31. The Bertz CT molecular complexity index is 656. The zero-order valence-electron chi connectivity index (χ0n) is 18.0. The van der Waals surface area contributed by atoms with E-state index >= 15 is 0 Å². The monoisotopic (exact) mass is 446 g/mol. The van der Waals surface area contributed by atoms with Crippen LogP contribution in [-0.2, 0) is 6.18 Å². The van der Waals surface area contributed by atoms with E-state index < -0.39 is 17.8 Å². The van der Waals surface area contributed by atoms with E-state index in [9.17, 15) is 18.0 Å². The third-order valence-electron chi connectivity index (χ3n) is 5.96. The van der Waals surface area contributed by atoms with Crippen LogP contribution in [0.4, 0.5) is 18.0 Å². The summed E-state index contributed by atoms with van der Waals surface area (Å²) in [5, 5.41) is 18.1. The molecule has 0 heterocycles. The number of carbonyl (C=O) groups excluding carboxylic acids is 1. The van der Waals surface area contributed by atoms with Gasteiger partial charge in [0.2, 0.25) is 0 Å². The van der Waals surface area contributed by atoms with Crippen LogP contribution >= 0.6 is 0 Å². The highest BCUT2D eigenvalue weighted by Gasteiger charge is 2.31. The minimum atomic E-state index is -4.42. The zero-order chi connectivity index (χ0) is 22.9. The number of benzene rings is 1. The van der Waals surface area contributed by atoms with Crippen LogP contribution < -0.4 is 4.74 Å². The SMILES string of the molecule is CN(C(=O)Oc1ccc(C(F)(F)F)cc1)C1CCC(CCCN(CCO)CCO)CC1. The van der Waals surface area contributed by atoms with Gasteiger partial charge >= 0.3 is 12.3 Å². The summed E-state index contributed by atoms with van der Waals surface area (Å²) in [4.78, 5) is 16.0. The fraction of sp³-hybridized carbons (Fsp3) is 0.682. The molecule has 6 nitrogen and oxygen atoms in total. The lowest BCUT2D eigenvalue weighted by atomic mass is 9.83. The number of aliphatic hydroxyl groups excluding tert-OH is 2. The van der Waals surface area contributed by atoms with E-state index in [0.29, 0.717) is 19.0 Å². The fourth-order valence-corrected chi connectivity index (χ4v) is 4.08. The van der Waals surface area contributed by atoms with Crippen molar-refractivity contribution in [1.29, 1.82) is 0 Å². The van der Waals surface area contributed by atoms with Crippen LogP contribution in [0.1, 0.15) is 44.1 Å². The van der Waals surface area contributed by atoms with Crippen molar-refractivity contribution in [1.82, 2.24) is 9.80 Å². The number of alkyl halides is 3. The summed E-state index contributed by atoms with van der Waals surface area (Å²) < 4.78 is 43.1. The molecule has 1 saturated carbocycles. The van der Waals surface area contributed by atoms with Gasteiger partial charge in [-0.3, -0.25) is 4.90 Å². The van der Waals surface area contributed by atoms with Crippen LogP contribution in [0, 0.1) is 5.92 Å². The summed E-state index contributed by atoms with van der Waals surface area (Å²) in [5.74, 6) is 0.675. The first kappa shape index (κ1) is 25.4. The van der Waals surface area contributed by atoms with E-state index in [0.717, 1.165) is 69.3 Å². The molecule has 1 amide bonds. The second kappa shape index (κ2) is 12.3. The number of nitrogens with zero attached hydrogens (tertiary/aromatic N) is 2. The predicted molar refractivity (Wildman–Crippen MR) is 111 cm³/mol. The quantitative estimate of drug-likeness (QED) is 0.573. The largest absolute Gasteiger partial charge is 0.416 e. The molecule has 2 N–H and O–H groups in total. The van der Waals surface area contributed by atoms with E-state index in [1.165, 1.54) is 4.90 Å². The average Bonchev–Trinajstić information content (AvgIpc) is 2.74. The van der Waals surface area contributed by atoms with Crippen molar-refractivity contribution >= 4 is 6.09 Å². The second-order valence-corrected chi connectivity index (χ2v) is 8.11. The standard InChI is InChI=1S/C22H33F3N2O4/c1-26(21(30)31-20-10-6-18(7-11-20)22(23,24)25)19-8-4-17(5-9-19)3-2-12-27(13-15-28)14-16-29/h6-7,10-11,17,19,28-29H,2-5,8-9,12-16H2,1H3. The highest BCUT2D eigenvalue weighted by Crippen LogP contribution is 2.32. The van der Waals surface area contributed by atoms with Crippen molar-refractivity contribution in [2.75, 3.05) is 39.9 Å². The van der Waals surface area contributed by atoms with Gasteiger partial charge in [0.1, 0.15) is 5.75 Å². The Hall–Kier alpha value is -1.84. The molecule has 1 fully saturated rings. The summed E-state index contributed by atoms with van der Waals surface area (Å²) in [5.41, 5.74) is -0.783. The molecule has 176 valence electrons. The smallest absolute Gasteiger partial charge is 0.410 e. The second-order valence-electron chi connectivity index (χ2n) is 8.11. The molecule has 0 saturated heterocycles. The van der Waals surface area contributed by atoms with Gasteiger partial charge < -0.3 is 19.8 Å². The lowest BCUT2D eigenvalue weighted by Crippen LogP contribution is -2.41. The van der Waals surface area contributed by atoms with Crippen molar-refractivity contribution in [3.63, 3.8) is 0 Å². The van der Waals surface area contributed by atoms with Crippen LogP contribution in [0.25, 0.3) is 0 Å². The predicted octanol–water partition coefficient (Wildman–Crippen LogP) is 3.76. The van der Waals surface area contributed by atoms with Crippen molar-refractivity contribution < 1.29 is 32.9 Å². The average molecular weight is 447 g/mol. The highest BCUT2D eigenvalue weighted by molar-refractivity contribution is 5.70. The van der Waals surface area contributed by atoms with Gasteiger partial charge in [-0.2, -0.15) is 13.2 Å². The fourth-order valence-electron chi connectivity index (χ4n) is 4.08. The molecule has 1 aromatic carbocycles. The van der Waals surface area contributed by atoms with Crippen molar-refractivity contribution in [2.24, 2.45) is 5.92 Å². The van der Waals surface area contributed by atoms with E-state index in [-0.39, 0.29) is 25.0 Å². The topological polar surface area (TPSA) is 73.2 Å². The van der Waals surface area contributed by atoms with Crippen molar-refractivity contribution in [2.45, 2.75) is 50.7 Å². The normalized spacial score (nSPS) is 19.5. The maximum atomic E-state index is 12.6. The number of aliphatic hydroxyl groups is 2. The number of carbonyl (C=O) groups is 1. The maximum Gasteiger partial charge on any atom is 0.416 e. The molecule has 0 spiro atoms. The van der Waals surface area contributed by atoms with Gasteiger partial charge in [-0.05, 0) is 75.3 Å². The molecule has 1 aliphatic carbocycles. The molecule has 0 radical (unpaired) electrons. The first-order chi connectivity index (χ1) is 14.7. The Morgan fingerprint density at radius 3 is 2.13 bits per heavy atom. The molecule has 2 rings (SSSR count). The van der Waals surface area contributed by atoms with Crippen molar-refractivity contribution in [3.8, 4) is 5.75 Å². The molecule has 0 aliphatic heterocycles. The molecule has 0 unspecified atom stereocenters. The minimum Gasteiger partial charge on any atom is -0.410 e. The maximum absolute atomic E-state index is 12.6. The van der Waals surface area contributed by atoms with Gasteiger partial charge in [-0.1, -0.05) is 0 Å². The minimum absolute atomic E-state index is 0.0541. The number of hydrogen-bond acceptors (Lipinski definition) is 5. The summed E-state index contributed by atoms with van der Waals surface area (Å²) in [7, 11) is 1.67. The van der Waals surface area contributed by atoms with Gasteiger partial charge in [0.15, 0.2) is 0 Å². The van der Waals surface area contributed by atoms with Gasteiger partial charge in [-0.15, -0.1) is 0 Å². The summed E-state index contributed by atoms with van der Waals surface area (Å²) in [6.45, 7) is 2.15. The summed E-state index contributed by atoms with van der Waals surface area (Å²) >= 11 is 0. The third-order valence-corrected chi connectivity index (χ3v) is 5.96. The lowest BCUT2D eigenvalue weighted by Gasteiger charge is -2.34. The molecule has 31 heavy (non-hydrogen) atoms. The van der Waals surface area contributed by atoms with E-state index in [4.69, 9.17) is 14.9 Å². The van der Waals surface area contributed by atoms with Gasteiger partial charge in [0.25, 0.3) is 0 Å². The highest BCUT2D eigenvalue weighted by atomic mass is 19.4. The van der Waals surface area contributed by atoms with Crippen LogP contribution in [0.5, 0.6) is 5.75 Å². The Kier molecular flexibility index (Phi) is 10.1. The van der Waals surface area contributed by atoms with E-state index in [2.05, 4.69) is 4.90 Å². The Morgan fingerprint density at radius 2 is 1.61 bits per heavy atom. The van der Waals surface area contributed by atoms with E-state index in [1.54, 1.807) is 7.05 Å². The van der Waals surface area contributed by atoms with Gasteiger partial charge in [0, 0.05) is 26.2 Å². The first-order valence-corrected chi connectivity index (χ1v) is 10.8. The molecule has 0 atom stereocenters. The Morgan fingerprint density at radius 1 is 1.03 bits per heavy atom.